The summed E-state index contributed by atoms with van der Waals surface area (Å²) in [6.07, 6.45) is 0. The molecule has 0 unspecified atom stereocenters. The Kier molecular flexibility index (Phi) is 7.56. The number of hydrogen-bond donors (Lipinski definition) is 0. The molecule has 0 atom stereocenters. The van der Waals surface area contributed by atoms with Gasteiger partial charge < -0.3 is 4.90 Å². The Hall–Kier alpha value is -6.70. The molecule has 54 heavy (non-hydrogen) atoms. The van der Waals surface area contributed by atoms with Gasteiger partial charge in [0.15, 0.2) is 0 Å². The van der Waals surface area contributed by atoms with E-state index in [-0.39, 0.29) is 5.41 Å². The van der Waals surface area contributed by atoms with E-state index in [1.807, 2.05) is 0 Å². The fourth-order valence-electron chi connectivity index (χ4n) is 8.66. The second-order valence-electron chi connectivity index (χ2n) is 15.0. The third-order valence-electron chi connectivity index (χ3n) is 11.4. The predicted octanol–water partition coefficient (Wildman–Crippen LogP) is 14.8. The maximum absolute atomic E-state index is 2.43. The Labute approximate surface area is 317 Å². The van der Waals surface area contributed by atoms with Gasteiger partial charge >= 0.3 is 0 Å². The van der Waals surface area contributed by atoms with Crippen molar-refractivity contribution in [1.82, 2.24) is 0 Å². The molecule has 0 bridgehead atoms. The Bertz CT molecular complexity index is 2830. The predicted molar refractivity (Wildman–Crippen MR) is 230 cm³/mol. The van der Waals surface area contributed by atoms with Crippen LogP contribution in [0.3, 0.4) is 0 Å². The molecular weight excluding hydrogens is 651 g/mol. The van der Waals surface area contributed by atoms with E-state index in [4.69, 9.17) is 0 Å². The Balaban J connectivity index is 1.08. The second-order valence-corrected chi connectivity index (χ2v) is 15.0. The van der Waals surface area contributed by atoms with Crippen LogP contribution >= 0.6 is 0 Å². The molecule has 0 aliphatic heterocycles. The number of anilines is 3. The monoisotopic (exact) mass is 689 g/mol. The van der Waals surface area contributed by atoms with E-state index in [0.717, 1.165) is 17.1 Å². The molecule has 9 aromatic carbocycles. The number of fused-ring (bicyclic) bond motifs is 5. The van der Waals surface area contributed by atoms with Crippen molar-refractivity contribution in [2.75, 3.05) is 4.90 Å². The zero-order valence-electron chi connectivity index (χ0n) is 30.5. The summed E-state index contributed by atoms with van der Waals surface area (Å²) in [6.45, 7) is 4.75. The van der Waals surface area contributed by atoms with Crippen molar-refractivity contribution in [3.05, 3.63) is 211 Å². The van der Waals surface area contributed by atoms with E-state index < -0.39 is 0 Å². The average Bonchev–Trinajstić information content (AvgIpc) is 3.46. The molecule has 0 radical (unpaired) electrons. The molecule has 0 heterocycles. The highest BCUT2D eigenvalue weighted by Crippen LogP contribution is 2.54. The van der Waals surface area contributed by atoms with Gasteiger partial charge in [0.05, 0.1) is 0 Å². The fraction of sp³-hybridized carbons (Fsp3) is 0.0566. The summed E-state index contributed by atoms with van der Waals surface area (Å²) in [5.74, 6) is 0. The van der Waals surface area contributed by atoms with E-state index in [0.29, 0.717) is 0 Å². The molecule has 0 fully saturated rings. The normalized spacial score (nSPS) is 12.8. The number of para-hydroxylation sites is 1. The van der Waals surface area contributed by atoms with E-state index in [2.05, 4.69) is 219 Å². The number of nitrogens with zero attached hydrogens (tertiary/aromatic N) is 1. The molecule has 1 aliphatic carbocycles. The first-order valence-electron chi connectivity index (χ1n) is 18.8. The van der Waals surface area contributed by atoms with Crippen molar-refractivity contribution in [3.63, 3.8) is 0 Å². The summed E-state index contributed by atoms with van der Waals surface area (Å²) in [4.78, 5) is 2.39. The van der Waals surface area contributed by atoms with Crippen molar-refractivity contribution < 1.29 is 0 Å². The number of hydrogen-bond acceptors (Lipinski definition) is 1. The third kappa shape index (κ3) is 5.32. The first-order chi connectivity index (χ1) is 26.5. The van der Waals surface area contributed by atoms with Crippen molar-refractivity contribution >= 4 is 38.6 Å². The van der Waals surface area contributed by atoms with Crippen LogP contribution in [0.1, 0.15) is 25.0 Å². The Morgan fingerprint density at radius 2 is 0.852 bits per heavy atom. The molecule has 0 aromatic heterocycles. The van der Waals surface area contributed by atoms with Crippen LogP contribution in [0, 0.1) is 0 Å². The molecule has 0 N–H and O–H groups in total. The Morgan fingerprint density at radius 3 is 1.54 bits per heavy atom. The molecule has 1 nitrogen and oxygen atoms in total. The maximum atomic E-state index is 2.43. The molecule has 1 aliphatic rings. The maximum Gasteiger partial charge on any atom is 0.0465 e. The SMILES string of the molecule is CC1(C)c2cc(N(c3ccccc3)c3ccc(-c4cc5ccccc5cc4-c4ccccc4)cc3)ccc2-c2c(-c3ccc4ccccc4c3)cccc21. The van der Waals surface area contributed by atoms with E-state index in [1.54, 1.807) is 0 Å². The largest absolute Gasteiger partial charge is 0.310 e. The Morgan fingerprint density at radius 1 is 0.315 bits per heavy atom. The van der Waals surface area contributed by atoms with Gasteiger partial charge in [-0.25, -0.2) is 0 Å². The minimum atomic E-state index is -0.163. The van der Waals surface area contributed by atoms with Gasteiger partial charge in [0.2, 0.25) is 0 Å². The fourth-order valence-corrected chi connectivity index (χ4v) is 8.66. The van der Waals surface area contributed by atoms with Crippen molar-refractivity contribution in [1.29, 1.82) is 0 Å². The lowest BCUT2D eigenvalue weighted by Crippen LogP contribution is -2.16. The van der Waals surface area contributed by atoms with Crippen LogP contribution < -0.4 is 4.90 Å². The smallest absolute Gasteiger partial charge is 0.0465 e. The molecule has 9 aromatic rings. The van der Waals surface area contributed by atoms with Gasteiger partial charge in [0.1, 0.15) is 0 Å². The summed E-state index contributed by atoms with van der Waals surface area (Å²) < 4.78 is 0. The molecule has 10 rings (SSSR count). The van der Waals surface area contributed by atoms with Crippen LogP contribution in [0.2, 0.25) is 0 Å². The lowest BCUT2D eigenvalue weighted by atomic mass is 9.81. The summed E-state index contributed by atoms with van der Waals surface area (Å²) in [5.41, 5.74) is 16.1. The van der Waals surface area contributed by atoms with Gasteiger partial charge in [-0.15, -0.1) is 0 Å². The molecule has 0 amide bonds. The van der Waals surface area contributed by atoms with Gasteiger partial charge in [-0.2, -0.15) is 0 Å². The van der Waals surface area contributed by atoms with Crippen LogP contribution in [-0.2, 0) is 5.41 Å². The lowest BCUT2D eigenvalue weighted by molar-refractivity contribution is 0.660. The van der Waals surface area contributed by atoms with Crippen LogP contribution in [0.15, 0.2) is 200 Å². The van der Waals surface area contributed by atoms with Crippen LogP contribution in [-0.4, -0.2) is 0 Å². The highest BCUT2D eigenvalue weighted by Gasteiger charge is 2.37. The van der Waals surface area contributed by atoms with E-state index in [9.17, 15) is 0 Å². The minimum absolute atomic E-state index is 0.163. The van der Waals surface area contributed by atoms with Crippen LogP contribution in [0.25, 0.3) is 66.1 Å². The van der Waals surface area contributed by atoms with Gasteiger partial charge in [-0.05, 0) is 132 Å². The number of rotatable bonds is 6. The van der Waals surface area contributed by atoms with Crippen LogP contribution in [0.4, 0.5) is 17.1 Å². The van der Waals surface area contributed by atoms with Crippen LogP contribution in [0.5, 0.6) is 0 Å². The third-order valence-corrected chi connectivity index (χ3v) is 11.4. The quantitative estimate of drug-likeness (QED) is 0.168. The molecule has 0 spiro atoms. The molecule has 0 saturated carbocycles. The summed E-state index contributed by atoms with van der Waals surface area (Å²) in [6, 6.07) is 73.3. The summed E-state index contributed by atoms with van der Waals surface area (Å²) in [7, 11) is 0. The van der Waals surface area contributed by atoms with Gasteiger partial charge in [-0.1, -0.05) is 159 Å². The highest BCUT2D eigenvalue weighted by molar-refractivity contribution is 5.98. The number of benzene rings is 9. The highest BCUT2D eigenvalue weighted by atomic mass is 15.1. The van der Waals surface area contributed by atoms with Gasteiger partial charge in [-0.3, -0.25) is 0 Å². The van der Waals surface area contributed by atoms with Crippen molar-refractivity contribution in [2.45, 2.75) is 19.3 Å². The lowest BCUT2D eigenvalue weighted by Gasteiger charge is -2.28. The average molecular weight is 690 g/mol. The first-order valence-corrected chi connectivity index (χ1v) is 18.8. The first kappa shape index (κ1) is 32.0. The van der Waals surface area contributed by atoms with Crippen molar-refractivity contribution in [2.24, 2.45) is 0 Å². The van der Waals surface area contributed by atoms with E-state index >= 15 is 0 Å². The van der Waals surface area contributed by atoms with Gasteiger partial charge in [0.25, 0.3) is 0 Å². The van der Waals surface area contributed by atoms with E-state index in [1.165, 1.54) is 77.2 Å². The topological polar surface area (TPSA) is 3.24 Å². The molecular formula is C53H39N. The molecule has 1 heteroatoms. The summed E-state index contributed by atoms with van der Waals surface area (Å²) >= 11 is 0. The minimum Gasteiger partial charge on any atom is -0.310 e. The van der Waals surface area contributed by atoms with Crippen molar-refractivity contribution in [3.8, 4) is 44.5 Å². The van der Waals surface area contributed by atoms with Gasteiger partial charge in [0, 0.05) is 22.5 Å². The second kappa shape index (κ2) is 12.8. The molecule has 0 saturated heterocycles. The molecule has 256 valence electrons. The zero-order valence-corrected chi connectivity index (χ0v) is 30.5. The zero-order chi connectivity index (χ0) is 36.2. The summed E-state index contributed by atoms with van der Waals surface area (Å²) in [5, 5.41) is 5.02. The standard InChI is InChI=1S/C53H39N/c1-53(2)50-23-13-22-46(42-25-24-36-14-9-10-17-39(36)32-42)52(50)47-31-30-45(35-51(47)53)54(43-20-7-4-8-21-43)44-28-26-38(27-29-44)49-34-41-19-12-11-18-40(41)33-48(49)37-15-5-3-6-16-37/h3-35H,1-2H3.